The van der Waals surface area contributed by atoms with Gasteiger partial charge in [0.05, 0.1) is 6.04 Å². The molecule has 5 heteroatoms. The van der Waals surface area contributed by atoms with Crippen LogP contribution in [0.15, 0.2) is 24.3 Å². The van der Waals surface area contributed by atoms with Gasteiger partial charge in [0.1, 0.15) is 5.82 Å². The van der Waals surface area contributed by atoms with Gasteiger partial charge in [-0.2, -0.15) is 0 Å². The van der Waals surface area contributed by atoms with Crippen molar-refractivity contribution in [3.05, 3.63) is 35.6 Å². The highest BCUT2D eigenvalue weighted by atomic mass is 19.1. The summed E-state index contributed by atoms with van der Waals surface area (Å²) in [4.78, 5) is 14.6. The Morgan fingerprint density at radius 2 is 2.05 bits per heavy atom. The summed E-state index contributed by atoms with van der Waals surface area (Å²) in [6.07, 6.45) is 4.05. The molecule has 4 nitrogen and oxygen atoms in total. The zero-order chi connectivity index (χ0) is 15.8. The lowest BCUT2D eigenvalue weighted by atomic mass is 10.0. The fourth-order valence-electron chi connectivity index (χ4n) is 2.90. The number of hydrogen-bond acceptors (Lipinski definition) is 3. The number of amides is 1. The number of nitrogens with zero attached hydrogens (tertiary/aromatic N) is 1. The summed E-state index contributed by atoms with van der Waals surface area (Å²) >= 11 is 0. The van der Waals surface area contributed by atoms with E-state index in [4.69, 9.17) is 0 Å². The van der Waals surface area contributed by atoms with Crippen molar-refractivity contribution in [2.24, 2.45) is 0 Å². The van der Waals surface area contributed by atoms with Crippen molar-refractivity contribution in [1.29, 1.82) is 0 Å². The lowest BCUT2D eigenvalue weighted by molar-refractivity contribution is -0.127. The van der Waals surface area contributed by atoms with Gasteiger partial charge in [0.15, 0.2) is 0 Å². The maximum atomic E-state index is 13.0. The van der Waals surface area contributed by atoms with Crippen molar-refractivity contribution >= 4 is 5.91 Å². The summed E-state index contributed by atoms with van der Waals surface area (Å²) in [7, 11) is 1.91. The van der Waals surface area contributed by atoms with Crippen molar-refractivity contribution in [3.8, 4) is 0 Å². The zero-order valence-corrected chi connectivity index (χ0v) is 13.3. The average molecular weight is 307 g/mol. The van der Waals surface area contributed by atoms with Crippen LogP contribution in [0.2, 0.25) is 0 Å². The Balaban J connectivity index is 1.89. The molecule has 1 atom stereocenters. The van der Waals surface area contributed by atoms with Crippen LogP contribution in [-0.4, -0.2) is 43.5 Å². The number of rotatable bonds is 7. The number of benzene rings is 1. The Labute approximate surface area is 132 Å². The molecule has 0 radical (unpaired) electrons. The molecule has 1 fully saturated rings. The van der Waals surface area contributed by atoms with Crippen LogP contribution in [0.25, 0.3) is 0 Å². The first kappa shape index (κ1) is 16.9. The first-order chi connectivity index (χ1) is 10.7. The molecule has 2 rings (SSSR count). The molecule has 1 unspecified atom stereocenters. The van der Waals surface area contributed by atoms with Crippen molar-refractivity contribution in [2.75, 3.05) is 26.7 Å². The van der Waals surface area contributed by atoms with E-state index in [9.17, 15) is 9.18 Å². The largest absolute Gasteiger partial charge is 0.355 e. The van der Waals surface area contributed by atoms with Crippen LogP contribution in [0.5, 0.6) is 0 Å². The molecule has 2 N–H and O–H groups in total. The van der Waals surface area contributed by atoms with Crippen molar-refractivity contribution < 1.29 is 9.18 Å². The van der Waals surface area contributed by atoms with Crippen LogP contribution < -0.4 is 10.6 Å². The van der Waals surface area contributed by atoms with Gasteiger partial charge in [0.2, 0.25) is 5.91 Å². The van der Waals surface area contributed by atoms with Crippen LogP contribution in [0.3, 0.4) is 0 Å². The minimum Gasteiger partial charge on any atom is -0.355 e. The summed E-state index contributed by atoms with van der Waals surface area (Å²) in [5, 5.41) is 6.11. The molecule has 1 saturated heterocycles. The first-order valence-corrected chi connectivity index (χ1v) is 8.11. The van der Waals surface area contributed by atoms with Gasteiger partial charge in [-0.1, -0.05) is 18.6 Å². The van der Waals surface area contributed by atoms with Crippen LogP contribution in [-0.2, 0) is 11.3 Å². The van der Waals surface area contributed by atoms with Gasteiger partial charge in [-0.25, -0.2) is 4.39 Å². The lowest BCUT2D eigenvalue weighted by Gasteiger charge is -2.34. The van der Waals surface area contributed by atoms with E-state index in [1.54, 1.807) is 12.1 Å². The van der Waals surface area contributed by atoms with Gasteiger partial charge in [-0.15, -0.1) is 0 Å². The molecule has 122 valence electrons. The predicted octanol–water partition coefficient (Wildman–Crippen LogP) is 1.91. The SMILES string of the molecule is CNCCCNC(=O)C1CCCCN1Cc1ccc(F)cc1. The van der Waals surface area contributed by atoms with Crippen LogP contribution in [0.1, 0.15) is 31.2 Å². The Morgan fingerprint density at radius 3 is 2.77 bits per heavy atom. The highest BCUT2D eigenvalue weighted by molar-refractivity contribution is 5.81. The smallest absolute Gasteiger partial charge is 0.237 e. The van der Waals surface area contributed by atoms with Crippen LogP contribution >= 0.6 is 0 Å². The Bertz CT molecular complexity index is 463. The number of nitrogens with one attached hydrogen (secondary N) is 2. The van der Waals surface area contributed by atoms with E-state index in [2.05, 4.69) is 15.5 Å². The second kappa shape index (κ2) is 8.86. The third-order valence-electron chi connectivity index (χ3n) is 4.12. The number of likely N-dealkylation sites (tertiary alicyclic amines) is 1. The third-order valence-corrected chi connectivity index (χ3v) is 4.12. The van der Waals surface area contributed by atoms with Crippen LogP contribution in [0, 0.1) is 5.82 Å². The molecule has 0 bridgehead atoms. The molecular weight excluding hydrogens is 281 g/mol. The van der Waals surface area contributed by atoms with E-state index in [-0.39, 0.29) is 17.8 Å². The van der Waals surface area contributed by atoms with E-state index in [1.807, 2.05) is 7.05 Å². The summed E-state index contributed by atoms with van der Waals surface area (Å²) in [5.74, 6) is -0.0980. The summed E-state index contributed by atoms with van der Waals surface area (Å²) in [6, 6.07) is 6.49. The summed E-state index contributed by atoms with van der Waals surface area (Å²) in [6.45, 7) is 3.24. The van der Waals surface area contributed by atoms with E-state index in [0.29, 0.717) is 13.1 Å². The number of carbonyl (C=O) groups excluding carboxylic acids is 1. The topological polar surface area (TPSA) is 44.4 Å². The molecule has 22 heavy (non-hydrogen) atoms. The Morgan fingerprint density at radius 1 is 1.27 bits per heavy atom. The van der Waals surface area contributed by atoms with Gasteiger partial charge in [-0.3, -0.25) is 9.69 Å². The molecule has 0 spiro atoms. The van der Waals surface area contributed by atoms with Gasteiger partial charge >= 0.3 is 0 Å². The zero-order valence-electron chi connectivity index (χ0n) is 13.3. The number of carbonyl (C=O) groups is 1. The summed E-state index contributed by atoms with van der Waals surface area (Å²) in [5.41, 5.74) is 1.05. The predicted molar refractivity (Wildman–Crippen MR) is 86.0 cm³/mol. The Hall–Kier alpha value is -1.46. The second-order valence-corrected chi connectivity index (χ2v) is 5.86. The first-order valence-electron chi connectivity index (χ1n) is 8.11. The molecule has 1 aromatic carbocycles. The van der Waals surface area contributed by atoms with Gasteiger partial charge in [0.25, 0.3) is 0 Å². The minimum absolute atomic E-state index is 0.0617. The lowest BCUT2D eigenvalue weighted by Crippen LogP contribution is -2.49. The average Bonchev–Trinajstić information content (AvgIpc) is 2.54. The standard InChI is InChI=1S/C17H26FN3O/c1-19-10-4-11-20-17(22)16-5-2-3-12-21(16)13-14-6-8-15(18)9-7-14/h6-9,16,19H,2-5,10-13H2,1H3,(H,20,22). The molecular formula is C17H26FN3O. The monoisotopic (exact) mass is 307 g/mol. The highest BCUT2D eigenvalue weighted by Crippen LogP contribution is 2.20. The molecule has 0 saturated carbocycles. The van der Waals surface area contributed by atoms with E-state index in [0.717, 1.165) is 44.3 Å². The van der Waals surface area contributed by atoms with Gasteiger partial charge < -0.3 is 10.6 Å². The summed E-state index contributed by atoms with van der Waals surface area (Å²) < 4.78 is 13.0. The van der Waals surface area contributed by atoms with Gasteiger partial charge in [-0.05, 0) is 57.1 Å². The van der Waals surface area contributed by atoms with Crippen LogP contribution in [0.4, 0.5) is 4.39 Å². The minimum atomic E-state index is -0.221. The second-order valence-electron chi connectivity index (χ2n) is 5.86. The number of piperidine rings is 1. The molecule has 1 aliphatic rings. The molecule has 1 heterocycles. The number of hydrogen-bond donors (Lipinski definition) is 2. The molecule has 1 amide bonds. The maximum absolute atomic E-state index is 13.0. The van der Waals surface area contributed by atoms with Gasteiger partial charge in [0, 0.05) is 13.1 Å². The molecule has 1 aromatic rings. The van der Waals surface area contributed by atoms with E-state index in [1.165, 1.54) is 12.1 Å². The van der Waals surface area contributed by atoms with Crippen molar-refractivity contribution in [1.82, 2.24) is 15.5 Å². The quantitative estimate of drug-likeness (QED) is 0.756. The molecule has 1 aliphatic heterocycles. The fourth-order valence-corrected chi connectivity index (χ4v) is 2.90. The normalized spacial score (nSPS) is 19.1. The van der Waals surface area contributed by atoms with E-state index < -0.39 is 0 Å². The van der Waals surface area contributed by atoms with E-state index >= 15 is 0 Å². The maximum Gasteiger partial charge on any atom is 0.237 e. The fraction of sp³-hybridized carbons (Fsp3) is 0.588. The highest BCUT2D eigenvalue weighted by Gasteiger charge is 2.28. The molecule has 0 aromatic heterocycles. The van der Waals surface area contributed by atoms with Crippen molar-refractivity contribution in [2.45, 2.75) is 38.3 Å². The number of halogens is 1. The molecule has 0 aliphatic carbocycles. The Kier molecular flexibility index (Phi) is 6.80. The third kappa shape index (κ3) is 5.07. The van der Waals surface area contributed by atoms with Crippen molar-refractivity contribution in [3.63, 3.8) is 0 Å².